The van der Waals surface area contributed by atoms with E-state index < -0.39 is 6.09 Å². The second-order valence-electron chi connectivity index (χ2n) is 5.11. The maximum atomic E-state index is 11.0. The Morgan fingerprint density at radius 2 is 1.71 bits per heavy atom. The third kappa shape index (κ3) is 5.24. The van der Waals surface area contributed by atoms with Crippen LogP contribution in [-0.4, -0.2) is 19.7 Å². The molecule has 2 N–H and O–H groups in total. The van der Waals surface area contributed by atoms with Crippen molar-refractivity contribution in [2.45, 2.75) is 20.8 Å². The van der Waals surface area contributed by atoms with Gasteiger partial charge in [-0.2, -0.15) is 0 Å². The summed E-state index contributed by atoms with van der Waals surface area (Å²) >= 11 is 0. The Bertz CT molecular complexity index is 366. The molecule has 0 fully saturated rings. The molecule has 0 heterocycles. The van der Waals surface area contributed by atoms with Gasteiger partial charge < -0.3 is 10.1 Å². The highest BCUT2D eigenvalue weighted by molar-refractivity contribution is 5.84. The molecule has 0 aliphatic rings. The molecule has 0 unspecified atom stereocenters. The number of hydrogen-bond donors (Lipinski definition) is 2. The zero-order valence-electron chi connectivity index (χ0n) is 10.8. The number of benzene rings is 1. The minimum Gasteiger partial charge on any atom is -0.453 e. The quantitative estimate of drug-likeness (QED) is 0.846. The first-order valence-corrected chi connectivity index (χ1v) is 5.59. The van der Waals surface area contributed by atoms with Crippen molar-refractivity contribution >= 4 is 17.5 Å². The van der Waals surface area contributed by atoms with Crippen molar-refractivity contribution < 1.29 is 9.53 Å². The molecule has 1 aromatic carbocycles. The smallest absolute Gasteiger partial charge is 0.411 e. The lowest BCUT2D eigenvalue weighted by atomic mass is 9.97. The molecule has 94 valence electrons. The number of carbonyl (C=O) groups is 1. The van der Waals surface area contributed by atoms with Crippen LogP contribution in [0.5, 0.6) is 0 Å². The molecule has 0 radical (unpaired) electrons. The number of carbonyl (C=O) groups excluding carboxylic acids is 1. The normalized spacial score (nSPS) is 10.8. The number of rotatable bonds is 3. The van der Waals surface area contributed by atoms with E-state index in [1.807, 2.05) is 24.3 Å². The van der Waals surface area contributed by atoms with Crippen molar-refractivity contribution in [3.8, 4) is 0 Å². The van der Waals surface area contributed by atoms with Crippen LogP contribution in [0.2, 0.25) is 0 Å². The van der Waals surface area contributed by atoms with Crippen LogP contribution in [0.25, 0.3) is 0 Å². The molecule has 1 aromatic rings. The third-order valence-electron chi connectivity index (χ3n) is 2.14. The van der Waals surface area contributed by atoms with Crippen LogP contribution in [0.15, 0.2) is 24.3 Å². The van der Waals surface area contributed by atoms with E-state index in [9.17, 15) is 4.79 Å². The van der Waals surface area contributed by atoms with Crippen LogP contribution in [0.4, 0.5) is 16.2 Å². The number of methoxy groups -OCH3 is 1. The summed E-state index contributed by atoms with van der Waals surface area (Å²) in [6.45, 7) is 7.42. The van der Waals surface area contributed by atoms with E-state index >= 15 is 0 Å². The highest BCUT2D eigenvalue weighted by atomic mass is 16.5. The van der Waals surface area contributed by atoms with Crippen LogP contribution in [0.1, 0.15) is 20.8 Å². The highest BCUT2D eigenvalue weighted by Gasteiger charge is 2.09. The van der Waals surface area contributed by atoms with Crippen LogP contribution in [0.3, 0.4) is 0 Å². The van der Waals surface area contributed by atoms with Crippen molar-refractivity contribution in [1.29, 1.82) is 0 Å². The van der Waals surface area contributed by atoms with Crippen molar-refractivity contribution in [3.63, 3.8) is 0 Å². The largest absolute Gasteiger partial charge is 0.453 e. The van der Waals surface area contributed by atoms with Gasteiger partial charge in [0.05, 0.1) is 7.11 Å². The Kier molecular flexibility index (Phi) is 4.37. The van der Waals surface area contributed by atoms with Gasteiger partial charge in [0.25, 0.3) is 0 Å². The Morgan fingerprint density at radius 1 is 1.18 bits per heavy atom. The fourth-order valence-electron chi connectivity index (χ4n) is 1.21. The zero-order valence-corrected chi connectivity index (χ0v) is 10.8. The van der Waals surface area contributed by atoms with Gasteiger partial charge in [-0.15, -0.1) is 0 Å². The number of hydrogen-bond acceptors (Lipinski definition) is 3. The number of anilines is 2. The third-order valence-corrected chi connectivity index (χ3v) is 2.14. The lowest BCUT2D eigenvalue weighted by Crippen LogP contribution is -2.19. The number of ether oxygens (including phenoxy) is 1. The lowest BCUT2D eigenvalue weighted by molar-refractivity contribution is 0.187. The first kappa shape index (κ1) is 13.4. The molecule has 17 heavy (non-hydrogen) atoms. The standard InChI is InChI=1S/C13H20N2O2/c1-13(2,3)9-14-10-5-7-11(8-6-10)15-12(16)17-4/h5-8,14H,9H2,1-4H3,(H,15,16). The Hall–Kier alpha value is -1.71. The SMILES string of the molecule is COC(=O)Nc1ccc(NCC(C)(C)C)cc1. The average molecular weight is 236 g/mol. The van der Waals surface area contributed by atoms with Gasteiger partial charge in [0.15, 0.2) is 0 Å². The summed E-state index contributed by atoms with van der Waals surface area (Å²) in [6.07, 6.45) is -0.458. The minimum absolute atomic E-state index is 0.239. The van der Waals surface area contributed by atoms with Gasteiger partial charge in [0.2, 0.25) is 0 Å². The van der Waals surface area contributed by atoms with Crippen molar-refractivity contribution in [2.24, 2.45) is 5.41 Å². The maximum Gasteiger partial charge on any atom is 0.411 e. The Labute approximate surface area is 102 Å². The summed E-state index contributed by atoms with van der Waals surface area (Å²) in [6, 6.07) is 7.53. The van der Waals surface area contributed by atoms with E-state index in [-0.39, 0.29) is 5.41 Å². The van der Waals surface area contributed by atoms with E-state index in [0.717, 1.165) is 17.9 Å². The molecule has 0 saturated carbocycles. The summed E-state index contributed by atoms with van der Waals surface area (Å²) in [7, 11) is 1.34. The number of nitrogens with one attached hydrogen (secondary N) is 2. The summed E-state index contributed by atoms with van der Waals surface area (Å²) < 4.78 is 4.51. The van der Waals surface area contributed by atoms with Gasteiger partial charge in [0.1, 0.15) is 0 Å². The summed E-state index contributed by atoms with van der Waals surface area (Å²) in [4.78, 5) is 11.0. The molecular formula is C13H20N2O2. The molecule has 0 aliphatic carbocycles. The molecule has 0 atom stereocenters. The molecule has 0 aromatic heterocycles. The topological polar surface area (TPSA) is 50.4 Å². The predicted octanol–water partition coefficient (Wildman–Crippen LogP) is 3.32. The maximum absolute atomic E-state index is 11.0. The number of amides is 1. The zero-order chi connectivity index (χ0) is 12.9. The van der Waals surface area contributed by atoms with E-state index in [1.165, 1.54) is 7.11 Å². The molecule has 1 rings (SSSR count). The van der Waals surface area contributed by atoms with Crippen molar-refractivity contribution in [2.75, 3.05) is 24.3 Å². The van der Waals surface area contributed by atoms with E-state index in [2.05, 4.69) is 36.1 Å². The molecule has 1 amide bonds. The Balaban J connectivity index is 2.53. The fourth-order valence-corrected chi connectivity index (χ4v) is 1.21. The van der Waals surface area contributed by atoms with Gasteiger partial charge in [0, 0.05) is 17.9 Å². The highest BCUT2D eigenvalue weighted by Crippen LogP contribution is 2.17. The molecule has 0 bridgehead atoms. The van der Waals surface area contributed by atoms with Crippen LogP contribution in [0, 0.1) is 5.41 Å². The summed E-state index contributed by atoms with van der Waals surface area (Å²) in [5.41, 5.74) is 2.00. The van der Waals surface area contributed by atoms with Gasteiger partial charge in [-0.1, -0.05) is 20.8 Å². The summed E-state index contributed by atoms with van der Waals surface area (Å²) in [5, 5.41) is 5.94. The molecule has 0 aliphatic heterocycles. The van der Waals surface area contributed by atoms with Crippen molar-refractivity contribution in [3.05, 3.63) is 24.3 Å². The molecule has 0 spiro atoms. The second kappa shape index (κ2) is 5.57. The van der Waals surface area contributed by atoms with E-state index in [4.69, 9.17) is 0 Å². The minimum atomic E-state index is -0.458. The Morgan fingerprint density at radius 3 is 2.18 bits per heavy atom. The molecule has 0 saturated heterocycles. The predicted molar refractivity (Wildman–Crippen MR) is 70.4 cm³/mol. The average Bonchev–Trinajstić information content (AvgIpc) is 2.27. The van der Waals surface area contributed by atoms with Gasteiger partial charge >= 0.3 is 6.09 Å². The van der Waals surface area contributed by atoms with Gasteiger partial charge in [-0.3, -0.25) is 5.32 Å². The summed E-state index contributed by atoms with van der Waals surface area (Å²) in [5.74, 6) is 0. The van der Waals surface area contributed by atoms with Crippen LogP contribution >= 0.6 is 0 Å². The molecule has 4 heteroatoms. The monoisotopic (exact) mass is 236 g/mol. The van der Waals surface area contributed by atoms with E-state index in [1.54, 1.807) is 0 Å². The first-order valence-electron chi connectivity index (χ1n) is 5.59. The first-order chi connectivity index (χ1) is 7.90. The molecular weight excluding hydrogens is 216 g/mol. The fraction of sp³-hybridized carbons (Fsp3) is 0.462. The van der Waals surface area contributed by atoms with Gasteiger partial charge in [-0.05, 0) is 29.7 Å². The molecule has 4 nitrogen and oxygen atoms in total. The van der Waals surface area contributed by atoms with Crippen molar-refractivity contribution in [1.82, 2.24) is 0 Å². The van der Waals surface area contributed by atoms with E-state index in [0.29, 0.717) is 0 Å². The van der Waals surface area contributed by atoms with Gasteiger partial charge in [-0.25, -0.2) is 4.79 Å². The second-order valence-corrected chi connectivity index (χ2v) is 5.11. The van der Waals surface area contributed by atoms with Crippen LogP contribution < -0.4 is 10.6 Å². The lowest BCUT2D eigenvalue weighted by Gasteiger charge is -2.19. The van der Waals surface area contributed by atoms with Crippen LogP contribution in [-0.2, 0) is 4.74 Å².